The van der Waals surface area contributed by atoms with E-state index in [0.717, 1.165) is 5.56 Å². The van der Waals surface area contributed by atoms with Crippen LogP contribution in [-0.4, -0.2) is 10.8 Å². The van der Waals surface area contributed by atoms with E-state index in [2.05, 4.69) is 5.32 Å². The van der Waals surface area contributed by atoms with E-state index in [4.69, 9.17) is 23.2 Å². The first-order valence-corrected chi connectivity index (χ1v) is 6.66. The van der Waals surface area contributed by atoms with Crippen molar-refractivity contribution in [1.29, 1.82) is 0 Å². The maximum atomic E-state index is 12.2. The van der Waals surface area contributed by atoms with Crippen LogP contribution < -0.4 is 5.32 Å². The molecule has 0 spiro atoms. The molecule has 108 valence electrons. The van der Waals surface area contributed by atoms with Crippen molar-refractivity contribution >= 4 is 40.5 Å². The second kappa shape index (κ2) is 6.11. The fourth-order valence-corrected chi connectivity index (χ4v) is 2.22. The van der Waals surface area contributed by atoms with Crippen LogP contribution in [0.1, 0.15) is 15.9 Å². The third kappa shape index (κ3) is 3.32. The van der Waals surface area contributed by atoms with Crippen molar-refractivity contribution in [3.05, 3.63) is 67.7 Å². The summed E-state index contributed by atoms with van der Waals surface area (Å²) in [6, 6.07) is 9.27. The Hall–Kier alpha value is -2.11. The van der Waals surface area contributed by atoms with Crippen molar-refractivity contribution in [3.63, 3.8) is 0 Å². The van der Waals surface area contributed by atoms with E-state index >= 15 is 0 Å². The van der Waals surface area contributed by atoms with E-state index in [1.807, 2.05) is 6.92 Å². The maximum Gasteiger partial charge on any atom is 0.300 e. The molecule has 0 atom stereocenters. The van der Waals surface area contributed by atoms with E-state index in [1.165, 1.54) is 18.2 Å². The summed E-state index contributed by atoms with van der Waals surface area (Å²) in [6.07, 6.45) is 0. The molecule has 0 radical (unpaired) electrons. The summed E-state index contributed by atoms with van der Waals surface area (Å²) in [5.74, 6) is -0.642. The highest BCUT2D eigenvalue weighted by Crippen LogP contribution is 2.30. The van der Waals surface area contributed by atoms with Crippen LogP contribution in [0.4, 0.5) is 11.4 Å². The van der Waals surface area contributed by atoms with E-state index in [-0.39, 0.29) is 10.6 Å². The van der Waals surface area contributed by atoms with Gasteiger partial charge in [0.1, 0.15) is 10.6 Å². The van der Waals surface area contributed by atoms with Gasteiger partial charge < -0.3 is 5.32 Å². The van der Waals surface area contributed by atoms with Gasteiger partial charge in [0, 0.05) is 0 Å². The molecule has 1 N–H and O–H groups in total. The van der Waals surface area contributed by atoms with Crippen molar-refractivity contribution in [1.82, 2.24) is 0 Å². The molecular formula is C14H10Cl2N2O3. The van der Waals surface area contributed by atoms with Gasteiger partial charge in [0.25, 0.3) is 5.91 Å². The zero-order chi connectivity index (χ0) is 15.6. The molecule has 1 amide bonds. The number of para-hydroxylation sites is 1. The number of amides is 1. The Morgan fingerprint density at radius 3 is 2.57 bits per heavy atom. The average Bonchev–Trinajstić information content (AvgIpc) is 2.42. The predicted octanol–water partition coefficient (Wildman–Crippen LogP) is 4.46. The van der Waals surface area contributed by atoms with Gasteiger partial charge in [-0.3, -0.25) is 14.9 Å². The van der Waals surface area contributed by atoms with Crippen LogP contribution in [0.5, 0.6) is 0 Å². The summed E-state index contributed by atoms with van der Waals surface area (Å²) in [5, 5.41) is 13.8. The molecule has 0 fully saturated rings. The van der Waals surface area contributed by atoms with Crippen LogP contribution in [-0.2, 0) is 0 Å². The minimum absolute atomic E-state index is 0.0945. The first kappa shape index (κ1) is 15.3. The van der Waals surface area contributed by atoms with Crippen molar-refractivity contribution < 1.29 is 9.72 Å². The summed E-state index contributed by atoms with van der Waals surface area (Å²) in [6.45, 7) is 1.84. The van der Waals surface area contributed by atoms with E-state index < -0.39 is 16.5 Å². The lowest BCUT2D eigenvalue weighted by atomic mass is 10.1. The van der Waals surface area contributed by atoms with Gasteiger partial charge in [-0.2, -0.15) is 0 Å². The predicted molar refractivity (Wildman–Crippen MR) is 82.2 cm³/mol. The van der Waals surface area contributed by atoms with E-state index in [1.54, 1.807) is 18.2 Å². The number of carbonyl (C=O) groups excluding carboxylic acids is 1. The topological polar surface area (TPSA) is 72.2 Å². The van der Waals surface area contributed by atoms with Crippen LogP contribution in [0.3, 0.4) is 0 Å². The zero-order valence-corrected chi connectivity index (χ0v) is 12.4. The molecule has 21 heavy (non-hydrogen) atoms. The number of nitrogens with zero attached hydrogens (tertiary/aromatic N) is 1. The number of nitro groups is 1. The van der Waals surface area contributed by atoms with E-state index in [9.17, 15) is 14.9 Å². The number of carbonyl (C=O) groups is 1. The standard InChI is InChI=1S/C14H10Cl2N2O3/c1-8-5-6-10(15)12(7-8)17-14(19)9-3-2-4-11(16)13(9)18(20)21/h2-7H,1H3,(H,17,19). The van der Waals surface area contributed by atoms with Gasteiger partial charge in [0.15, 0.2) is 0 Å². The molecule has 0 heterocycles. The average molecular weight is 325 g/mol. The molecule has 0 bridgehead atoms. The number of benzene rings is 2. The van der Waals surface area contributed by atoms with Gasteiger partial charge >= 0.3 is 5.69 Å². The number of rotatable bonds is 3. The summed E-state index contributed by atoms with van der Waals surface area (Å²) < 4.78 is 0. The van der Waals surface area contributed by atoms with Crippen LogP contribution in [0.2, 0.25) is 10.0 Å². The lowest BCUT2D eigenvalue weighted by molar-refractivity contribution is -0.385. The number of nitrogens with one attached hydrogen (secondary N) is 1. The molecule has 2 aromatic rings. The molecule has 0 aliphatic rings. The first-order chi connectivity index (χ1) is 9.90. The summed E-state index contributed by atoms with van der Waals surface area (Å²) in [5.41, 5.74) is 0.733. The molecule has 0 aliphatic heterocycles. The summed E-state index contributed by atoms with van der Waals surface area (Å²) >= 11 is 11.8. The van der Waals surface area contributed by atoms with E-state index in [0.29, 0.717) is 10.7 Å². The molecule has 0 unspecified atom stereocenters. The Labute approximate surface area is 130 Å². The monoisotopic (exact) mass is 324 g/mol. The molecule has 0 saturated carbocycles. The molecule has 0 aliphatic carbocycles. The molecule has 0 aromatic heterocycles. The fraction of sp³-hybridized carbons (Fsp3) is 0.0714. The molecule has 2 rings (SSSR count). The minimum Gasteiger partial charge on any atom is -0.320 e. The van der Waals surface area contributed by atoms with Crippen LogP contribution in [0.15, 0.2) is 36.4 Å². The summed E-state index contributed by atoms with van der Waals surface area (Å²) in [7, 11) is 0. The smallest absolute Gasteiger partial charge is 0.300 e. The number of halogens is 2. The number of hydrogen-bond acceptors (Lipinski definition) is 3. The van der Waals surface area contributed by atoms with Gasteiger partial charge in [-0.15, -0.1) is 0 Å². The molecule has 5 nitrogen and oxygen atoms in total. The Balaban J connectivity index is 2.40. The third-order valence-corrected chi connectivity index (χ3v) is 3.42. The largest absolute Gasteiger partial charge is 0.320 e. The van der Waals surface area contributed by atoms with Gasteiger partial charge in [-0.25, -0.2) is 0 Å². The number of anilines is 1. The second-order valence-corrected chi connectivity index (χ2v) is 5.14. The van der Waals surface area contributed by atoms with Crippen molar-refractivity contribution in [2.45, 2.75) is 6.92 Å². The van der Waals surface area contributed by atoms with Gasteiger partial charge in [-0.05, 0) is 36.8 Å². The second-order valence-electron chi connectivity index (χ2n) is 4.33. The van der Waals surface area contributed by atoms with Crippen molar-refractivity contribution in [3.8, 4) is 0 Å². The van der Waals surface area contributed by atoms with Crippen molar-refractivity contribution in [2.24, 2.45) is 0 Å². The zero-order valence-electron chi connectivity index (χ0n) is 10.9. The maximum absolute atomic E-state index is 12.2. The highest BCUT2D eigenvalue weighted by molar-refractivity contribution is 6.35. The normalized spacial score (nSPS) is 10.2. The fourth-order valence-electron chi connectivity index (χ4n) is 1.81. The molecule has 2 aromatic carbocycles. The van der Waals surface area contributed by atoms with Crippen molar-refractivity contribution in [2.75, 3.05) is 5.32 Å². The van der Waals surface area contributed by atoms with Crippen LogP contribution >= 0.6 is 23.2 Å². The molecular weight excluding hydrogens is 315 g/mol. The number of nitro benzene ring substituents is 1. The highest BCUT2D eigenvalue weighted by atomic mass is 35.5. The summed E-state index contributed by atoms with van der Waals surface area (Å²) in [4.78, 5) is 22.6. The Morgan fingerprint density at radius 2 is 1.90 bits per heavy atom. The molecule has 7 heteroatoms. The number of hydrogen-bond donors (Lipinski definition) is 1. The van der Waals surface area contributed by atoms with Gasteiger partial charge in [0.2, 0.25) is 0 Å². The van der Waals surface area contributed by atoms with Gasteiger partial charge in [0.05, 0.1) is 15.6 Å². The SMILES string of the molecule is Cc1ccc(Cl)c(NC(=O)c2cccc(Cl)c2[N+](=O)[O-])c1. The Morgan fingerprint density at radius 1 is 1.19 bits per heavy atom. The van der Waals surface area contributed by atoms with Crippen LogP contribution in [0.25, 0.3) is 0 Å². The lowest BCUT2D eigenvalue weighted by Gasteiger charge is -2.09. The lowest BCUT2D eigenvalue weighted by Crippen LogP contribution is -2.14. The minimum atomic E-state index is -0.685. The Kier molecular flexibility index (Phi) is 4.45. The first-order valence-electron chi connectivity index (χ1n) is 5.90. The third-order valence-electron chi connectivity index (χ3n) is 2.78. The number of aryl methyl sites for hydroxylation is 1. The quantitative estimate of drug-likeness (QED) is 0.669. The highest BCUT2D eigenvalue weighted by Gasteiger charge is 2.24. The van der Waals surface area contributed by atoms with Crippen LogP contribution in [0, 0.1) is 17.0 Å². The Bertz CT molecular complexity index is 732. The van der Waals surface area contributed by atoms with Gasteiger partial charge in [-0.1, -0.05) is 35.3 Å². The molecule has 0 saturated heterocycles.